The monoisotopic (exact) mass is 359 g/mol. The molecule has 0 N–H and O–H groups in total. The first-order valence-corrected chi connectivity index (χ1v) is 8.54. The number of hydrogen-bond donors (Lipinski definition) is 0. The lowest BCUT2D eigenvalue weighted by atomic mass is 10.2. The molecule has 0 aliphatic rings. The van der Waals surface area contributed by atoms with Crippen molar-refractivity contribution < 1.29 is 14.3 Å². The van der Waals surface area contributed by atoms with Crippen LogP contribution in [0.4, 0.5) is 0 Å². The molecule has 0 spiro atoms. The summed E-state index contributed by atoms with van der Waals surface area (Å²) in [5, 5.41) is 3.03. The Balaban J connectivity index is 1.52. The molecule has 3 aromatic rings. The summed E-state index contributed by atoms with van der Waals surface area (Å²) in [4.78, 5) is 16.3. The van der Waals surface area contributed by atoms with Gasteiger partial charge in [0.2, 0.25) is 0 Å². The lowest BCUT2D eigenvalue weighted by molar-refractivity contribution is 0.0444. The number of carbonyl (C=O) groups excluding carboxylic acids is 1. The quantitative estimate of drug-likeness (QED) is 0.473. The van der Waals surface area contributed by atoms with E-state index in [0.29, 0.717) is 11.6 Å². The molecule has 0 atom stereocenters. The van der Waals surface area contributed by atoms with Gasteiger partial charge in [0.15, 0.2) is 5.69 Å². The van der Waals surface area contributed by atoms with Crippen LogP contribution in [0.3, 0.4) is 0 Å². The highest BCUT2D eigenvalue weighted by atomic mass is 35.5. The number of benzene rings is 2. The van der Waals surface area contributed by atoms with Gasteiger partial charge in [-0.2, -0.15) is 0 Å². The third-order valence-corrected chi connectivity index (χ3v) is 4.24. The molecular weight excluding hydrogens is 346 g/mol. The predicted molar refractivity (Wildman–Crippen MR) is 94.8 cm³/mol. The summed E-state index contributed by atoms with van der Waals surface area (Å²) in [7, 11) is 0. The first kappa shape index (κ1) is 16.5. The maximum atomic E-state index is 12.0. The van der Waals surface area contributed by atoms with E-state index in [-0.39, 0.29) is 12.3 Å². The minimum absolute atomic E-state index is 0.164. The fourth-order valence-electron chi connectivity index (χ4n) is 2.01. The maximum Gasteiger partial charge on any atom is 0.357 e. The average molecular weight is 360 g/mol. The van der Waals surface area contributed by atoms with E-state index in [1.54, 1.807) is 11.4 Å². The third-order valence-electron chi connectivity index (χ3n) is 3.11. The Bertz CT molecular complexity index is 820. The fraction of sp³-hybridized carbons (Fsp3) is 0.111. The summed E-state index contributed by atoms with van der Waals surface area (Å²) < 4.78 is 10.6. The van der Waals surface area contributed by atoms with Gasteiger partial charge >= 0.3 is 5.97 Å². The summed E-state index contributed by atoms with van der Waals surface area (Å²) in [5.74, 6) is 0.279. The molecule has 0 fully saturated rings. The van der Waals surface area contributed by atoms with E-state index < -0.39 is 5.97 Å². The van der Waals surface area contributed by atoms with E-state index in [9.17, 15) is 4.79 Å². The molecule has 1 heterocycles. The van der Waals surface area contributed by atoms with Gasteiger partial charge in [0.1, 0.15) is 24.0 Å². The third kappa shape index (κ3) is 4.34. The number of nitrogens with zero attached hydrogens (tertiary/aromatic N) is 1. The van der Waals surface area contributed by atoms with Crippen LogP contribution in [0, 0.1) is 0 Å². The normalized spacial score (nSPS) is 10.4. The number of para-hydroxylation sites is 1. The molecule has 0 aliphatic carbocycles. The van der Waals surface area contributed by atoms with Gasteiger partial charge in [-0.05, 0) is 24.3 Å². The van der Waals surface area contributed by atoms with Crippen LogP contribution >= 0.6 is 22.9 Å². The molecule has 0 unspecified atom stereocenters. The number of esters is 1. The van der Waals surface area contributed by atoms with Crippen molar-refractivity contribution in [1.29, 1.82) is 0 Å². The Morgan fingerprint density at radius 2 is 1.92 bits per heavy atom. The zero-order valence-electron chi connectivity index (χ0n) is 12.6. The minimum atomic E-state index is -0.462. The Kier molecular flexibility index (Phi) is 5.46. The zero-order chi connectivity index (χ0) is 16.8. The maximum absolute atomic E-state index is 12.0. The van der Waals surface area contributed by atoms with Crippen LogP contribution in [0.5, 0.6) is 5.75 Å². The van der Waals surface area contributed by atoms with E-state index >= 15 is 0 Å². The van der Waals surface area contributed by atoms with Crippen LogP contribution in [-0.4, -0.2) is 24.2 Å². The minimum Gasteiger partial charge on any atom is -0.490 e. The van der Waals surface area contributed by atoms with E-state index in [0.717, 1.165) is 16.3 Å². The molecule has 0 saturated heterocycles. The second-order valence-electron chi connectivity index (χ2n) is 4.85. The number of thiazole rings is 1. The Hall–Kier alpha value is -2.37. The Morgan fingerprint density at radius 3 is 2.71 bits per heavy atom. The molecule has 0 radical (unpaired) electrons. The van der Waals surface area contributed by atoms with Crippen molar-refractivity contribution in [3.8, 4) is 16.3 Å². The summed E-state index contributed by atoms with van der Waals surface area (Å²) in [6, 6.07) is 16.7. The van der Waals surface area contributed by atoms with Crippen LogP contribution in [0.2, 0.25) is 5.02 Å². The molecule has 3 rings (SSSR count). The highest BCUT2D eigenvalue weighted by Gasteiger charge is 2.13. The highest BCUT2D eigenvalue weighted by Crippen LogP contribution is 2.26. The highest BCUT2D eigenvalue weighted by molar-refractivity contribution is 7.13. The van der Waals surface area contributed by atoms with Gasteiger partial charge in [0.25, 0.3) is 0 Å². The molecule has 0 aliphatic heterocycles. The number of hydrogen-bond acceptors (Lipinski definition) is 5. The van der Waals surface area contributed by atoms with Crippen molar-refractivity contribution in [2.45, 2.75) is 0 Å². The van der Waals surface area contributed by atoms with Crippen LogP contribution in [0.1, 0.15) is 10.5 Å². The SMILES string of the molecule is O=C(OCCOc1ccccc1)c1csc(-c2cccc(Cl)c2)n1. The summed E-state index contributed by atoms with van der Waals surface area (Å²) in [5.41, 5.74) is 1.16. The lowest BCUT2D eigenvalue weighted by Gasteiger charge is -2.06. The topological polar surface area (TPSA) is 48.4 Å². The van der Waals surface area contributed by atoms with Gasteiger partial charge < -0.3 is 9.47 Å². The van der Waals surface area contributed by atoms with Gasteiger partial charge in [0, 0.05) is 16.0 Å². The molecule has 2 aromatic carbocycles. The number of carbonyl (C=O) groups is 1. The number of rotatable bonds is 6. The molecule has 0 amide bonds. The van der Waals surface area contributed by atoms with Crippen molar-refractivity contribution in [2.24, 2.45) is 0 Å². The van der Waals surface area contributed by atoms with Crippen LogP contribution in [0.25, 0.3) is 10.6 Å². The smallest absolute Gasteiger partial charge is 0.357 e. The molecule has 24 heavy (non-hydrogen) atoms. The average Bonchev–Trinajstić information content (AvgIpc) is 3.10. The van der Waals surface area contributed by atoms with Gasteiger partial charge in [-0.25, -0.2) is 9.78 Å². The number of ether oxygens (including phenoxy) is 2. The summed E-state index contributed by atoms with van der Waals surface area (Å²) in [6.07, 6.45) is 0. The summed E-state index contributed by atoms with van der Waals surface area (Å²) >= 11 is 7.34. The molecule has 0 saturated carbocycles. The lowest BCUT2D eigenvalue weighted by Crippen LogP contribution is -2.12. The Labute approximate surface area is 148 Å². The first-order valence-electron chi connectivity index (χ1n) is 7.29. The van der Waals surface area contributed by atoms with Crippen LogP contribution in [0.15, 0.2) is 60.0 Å². The van der Waals surface area contributed by atoms with E-state index in [1.807, 2.05) is 48.5 Å². The number of halogens is 1. The van der Waals surface area contributed by atoms with E-state index in [1.165, 1.54) is 11.3 Å². The molecule has 1 aromatic heterocycles. The first-order chi connectivity index (χ1) is 11.7. The molecular formula is C18H14ClNO3S. The standard InChI is InChI=1S/C18H14ClNO3S/c19-14-6-4-5-13(11-14)17-20-16(12-24-17)18(21)23-10-9-22-15-7-2-1-3-8-15/h1-8,11-12H,9-10H2. The van der Waals surface area contributed by atoms with Crippen molar-refractivity contribution >= 4 is 28.9 Å². The molecule has 122 valence electrons. The van der Waals surface area contributed by atoms with Crippen molar-refractivity contribution in [2.75, 3.05) is 13.2 Å². The van der Waals surface area contributed by atoms with Gasteiger partial charge in [-0.1, -0.05) is 41.9 Å². The second kappa shape index (κ2) is 7.95. The predicted octanol–water partition coefficient (Wildman–Crippen LogP) is 4.70. The van der Waals surface area contributed by atoms with Crippen molar-refractivity contribution in [1.82, 2.24) is 4.98 Å². The molecule has 6 heteroatoms. The zero-order valence-corrected chi connectivity index (χ0v) is 14.2. The van der Waals surface area contributed by atoms with E-state index in [2.05, 4.69) is 4.98 Å². The Morgan fingerprint density at radius 1 is 1.08 bits per heavy atom. The summed E-state index contributed by atoms with van der Waals surface area (Å²) in [6.45, 7) is 0.457. The van der Waals surface area contributed by atoms with Crippen LogP contribution in [-0.2, 0) is 4.74 Å². The van der Waals surface area contributed by atoms with Gasteiger partial charge in [0.05, 0.1) is 0 Å². The van der Waals surface area contributed by atoms with Crippen LogP contribution < -0.4 is 4.74 Å². The largest absolute Gasteiger partial charge is 0.490 e. The molecule has 4 nitrogen and oxygen atoms in total. The van der Waals surface area contributed by atoms with Gasteiger partial charge in [-0.3, -0.25) is 0 Å². The van der Waals surface area contributed by atoms with E-state index in [4.69, 9.17) is 21.1 Å². The second-order valence-corrected chi connectivity index (χ2v) is 6.14. The number of aromatic nitrogens is 1. The van der Waals surface area contributed by atoms with Gasteiger partial charge in [-0.15, -0.1) is 11.3 Å². The van der Waals surface area contributed by atoms with Crippen molar-refractivity contribution in [3.63, 3.8) is 0 Å². The molecule has 0 bridgehead atoms. The van der Waals surface area contributed by atoms with Crippen molar-refractivity contribution in [3.05, 3.63) is 70.7 Å². The fourth-order valence-corrected chi connectivity index (χ4v) is 2.98.